The topological polar surface area (TPSA) is 271 Å². The third kappa shape index (κ3) is 22.3. The number of halogens is 8. The van der Waals surface area contributed by atoms with E-state index < -0.39 is 24.7 Å². The molecule has 0 unspecified atom stereocenters. The van der Waals surface area contributed by atoms with Crippen molar-refractivity contribution in [2.24, 2.45) is 0 Å². The zero-order valence-electron chi connectivity index (χ0n) is 67.5. The Morgan fingerprint density at radius 3 is 1.17 bits per heavy atom. The van der Waals surface area contributed by atoms with Gasteiger partial charge in [0, 0.05) is 122 Å². The van der Waals surface area contributed by atoms with Gasteiger partial charge >= 0.3 is 110 Å². The van der Waals surface area contributed by atoms with Crippen LogP contribution in [0.2, 0.25) is 15.1 Å². The standard InChI is InChI=1S/C24H14ClFO2.C24H13ClO2.C18H11IO2.C18H12O2.C6H5BClFO2.C3H6O.C2H4O2.CH2O3.ClI.2K.H/c25-18-11-5-9-16(23(18)26)21-19(27)12-13-20-22(21)17-10-4-8-15(24(17)28-20)14-6-2-1-3-7-14;25-18-11-5-10-17-22-20(27-24(17)18)13-12-19-21(22)16-9-4-8-15(23(16)26-19)14-6-2-1-3-7-14;19-17-14(20)9-10-15-16(17)13-8-4-7-12(18(13)21-15)11-5-2-1-3-6-11;19-13-9-10-17-16(11-13)15-8-4-7-14(18(15)20-17)12-5-2-1-3-6-12;8-5-3-1-2-4(6(5)9)7(10)11;1-3(2)4;1-2(3)4;2-1-4-3;1-2;;;/h1-13,27H;1-13H;1-10,20H;1-11,19H;1-3,10-11H;1-2H3;1H3,(H,3,4);1,3H;;;;/q;;;;;;;;;2*+1;-1/p-1/i;;;;;1D;;;;;;. The molecule has 5 aromatic heterocycles. The minimum atomic E-state index is -1.81. The molecule has 0 atom stereocenters. The van der Waals surface area contributed by atoms with Crippen LogP contribution in [0.3, 0.4) is 0 Å². The van der Waals surface area contributed by atoms with Crippen molar-refractivity contribution in [2.75, 3.05) is 0 Å². The van der Waals surface area contributed by atoms with Crippen molar-refractivity contribution >= 4 is 228 Å². The molecule has 0 fully saturated rings. The second-order valence-electron chi connectivity index (χ2n) is 26.4. The van der Waals surface area contributed by atoms with Crippen molar-refractivity contribution in [1.29, 1.82) is 0 Å². The van der Waals surface area contributed by atoms with Gasteiger partial charge in [0.1, 0.15) is 84.9 Å². The van der Waals surface area contributed by atoms with Crippen LogP contribution in [0.5, 0.6) is 17.2 Å². The minimum absolute atomic E-state index is 0. The van der Waals surface area contributed by atoms with E-state index in [1.807, 2.05) is 164 Å². The average Bonchev–Trinajstić information content (AvgIpc) is 1.56. The second kappa shape index (κ2) is 45.3. The Kier molecular flexibility index (Phi) is 34.8. The Balaban J connectivity index is 0.000000172. The molecular weight excluding hydrogens is 1930 g/mol. The maximum atomic E-state index is 14.8. The molecule has 0 saturated heterocycles. The molecule has 0 aliphatic rings. The zero-order chi connectivity index (χ0) is 86.8. The molecular formula is C96H67BCl4F2I2K2O16. The van der Waals surface area contributed by atoms with E-state index in [1.54, 1.807) is 63.9 Å². The van der Waals surface area contributed by atoms with Crippen molar-refractivity contribution in [3.05, 3.63) is 334 Å². The Labute approximate surface area is 835 Å². The summed E-state index contributed by atoms with van der Waals surface area (Å²) in [7, 11) is 2.80. The fourth-order valence-electron chi connectivity index (χ4n) is 13.7. The van der Waals surface area contributed by atoms with E-state index in [2.05, 4.69) is 103 Å². The number of benzene rings is 15. The van der Waals surface area contributed by atoms with E-state index >= 15 is 0 Å². The SMILES string of the molecule is CC(=O)O.ClI.Clc1cccc2c1oc1ccc3oc4c(-c5ccccc5)cccc4c3c12.O=CO[O-].OB(O)c1cccc(Cl)c1F.Oc1ccc2oc3c(-c4ccccc4)cccc3c2c1.Oc1ccc2oc3c(-c4ccccc4)cccc3c2c1-c1cccc(Cl)c1F.Oc1ccc2oc3c(-c4ccccc4)cccc3c2c1I.[2H]CC(C)=O.[H-].[K+].[K+]. The molecule has 0 amide bonds. The zero-order valence-corrected chi connectivity index (χ0v) is 79.1. The van der Waals surface area contributed by atoms with Gasteiger partial charge in [-0.15, -0.1) is 0 Å². The van der Waals surface area contributed by atoms with Crippen LogP contribution >= 0.6 is 87.8 Å². The Morgan fingerprint density at radius 1 is 0.423 bits per heavy atom. The molecule has 0 radical (unpaired) electrons. The van der Waals surface area contributed by atoms with Crippen LogP contribution in [0.1, 0.15) is 23.5 Å². The van der Waals surface area contributed by atoms with E-state index in [0.29, 0.717) is 27.1 Å². The van der Waals surface area contributed by atoms with Crippen molar-refractivity contribution in [3.8, 4) is 72.9 Å². The van der Waals surface area contributed by atoms with E-state index in [-0.39, 0.29) is 162 Å². The van der Waals surface area contributed by atoms with Gasteiger partial charge in [0.2, 0.25) is 0 Å². The number of fused-ring (bicyclic) bond motifs is 16. The number of carbonyl (C=O) groups is 3. The molecule has 5 heterocycles. The summed E-state index contributed by atoms with van der Waals surface area (Å²) < 4.78 is 65.3. The number of carboxylic acid groups (broad SMARTS) is 1. The van der Waals surface area contributed by atoms with Crippen molar-refractivity contribution < 1.29 is 191 Å². The van der Waals surface area contributed by atoms with E-state index in [9.17, 15) is 28.9 Å². The summed E-state index contributed by atoms with van der Waals surface area (Å²) in [4.78, 5) is 29.9. The molecule has 20 rings (SSSR count). The smallest absolute Gasteiger partial charge is 1.00 e. The minimum Gasteiger partial charge on any atom is -1.00 e. The molecule has 0 bridgehead atoms. The van der Waals surface area contributed by atoms with E-state index in [0.717, 1.165) is 148 Å². The Bertz CT molecular complexity index is 7130. The predicted octanol–water partition coefficient (Wildman–Crippen LogP) is 20.7. The van der Waals surface area contributed by atoms with Gasteiger partial charge in [0.25, 0.3) is 12.4 Å². The molecule has 608 valence electrons. The maximum Gasteiger partial charge on any atom is 1.00 e. The van der Waals surface area contributed by atoms with Crippen LogP contribution in [-0.2, 0) is 19.3 Å². The van der Waals surface area contributed by atoms with Gasteiger partial charge in [-0.25, -0.2) is 8.78 Å². The van der Waals surface area contributed by atoms with E-state index in [4.69, 9.17) is 88.3 Å². The summed E-state index contributed by atoms with van der Waals surface area (Å²) in [5.74, 6) is -1.75. The predicted molar refractivity (Wildman–Crippen MR) is 496 cm³/mol. The van der Waals surface area contributed by atoms with Crippen LogP contribution in [-0.4, -0.2) is 55.8 Å². The number of hydrogen-bond acceptors (Lipinski definition) is 15. The normalized spacial score (nSPS) is 10.6. The van der Waals surface area contributed by atoms with Crippen LogP contribution in [0.4, 0.5) is 8.78 Å². The number of furan rings is 5. The summed E-state index contributed by atoms with van der Waals surface area (Å²) in [6.07, 6.45) is 0. The number of ketones is 1. The number of carboxylic acids is 1. The maximum absolute atomic E-state index is 14.8. The van der Waals surface area contributed by atoms with Crippen molar-refractivity contribution in [1.82, 2.24) is 0 Å². The van der Waals surface area contributed by atoms with Crippen LogP contribution in [0.25, 0.3) is 165 Å². The first kappa shape index (κ1) is 94.7. The number of phenolic OH excluding ortho intramolecular Hbond substituents is 3. The number of rotatable bonds is 7. The quantitative estimate of drug-likeness (QED) is 0.0285. The Hall–Kier alpha value is -8.99. The van der Waals surface area contributed by atoms with Gasteiger partial charge in [-0.05, 0) is 140 Å². The van der Waals surface area contributed by atoms with Crippen molar-refractivity contribution in [3.63, 3.8) is 0 Å². The molecule has 0 aliphatic carbocycles. The number of aromatic hydroxyl groups is 3. The molecule has 0 aliphatic heterocycles. The first-order chi connectivity index (χ1) is 59.1. The molecule has 20 aromatic rings. The third-order valence-electron chi connectivity index (χ3n) is 18.6. The number of hydrogen-bond donors (Lipinski definition) is 6. The number of para-hydroxylation sites is 5. The molecule has 6 N–H and O–H groups in total. The van der Waals surface area contributed by atoms with Crippen molar-refractivity contribution in [2.45, 2.75) is 20.7 Å². The average molecular weight is 2000 g/mol. The number of aliphatic carboxylic acids is 1. The largest absolute Gasteiger partial charge is 1.00 e. The molecule has 0 spiro atoms. The van der Waals surface area contributed by atoms with Gasteiger partial charge in [-0.1, -0.05) is 265 Å². The van der Waals surface area contributed by atoms with Crippen LogP contribution < -0.4 is 113 Å². The second-order valence-corrected chi connectivity index (χ2v) is 28.7. The summed E-state index contributed by atoms with van der Waals surface area (Å²) in [6, 6.07) is 95.4. The first-order valence-corrected chi connectivity index (χ1v) is 41.4. The van der Waals surface area contributed by atoms with Gasteiger partial charge in [0.05, 0.1) is 18.6 Å². The number of phenols is 3. The molecule has 16 nitrogen and oxygen atoms in total. The Morgan fingerprint density at radius 2 is 0.740 bits per heavy atom. The fraction of sp³-hybridized carbons (Fsp3) is 0.0312. The van der Waals surface area contributed by atoms with Gasteiger partial charge < -0.3 is 68.9 Å². The van der Waals surface area contributed by atoms with Gasteiger partial charge in [-0.3, -0.25) is 9.59 Å². The molecule has 15 aromatic carbocycles. The molecule has 0 saturated carbocycles. The van der Waals surface area contributed by atoms with Crippen LogP contribution in [0.15, 0.2) is 325 Å². The fourth-order valence-corrected chi connectivity index (χ4v) is 15.0. The first-order valence-electron chi connectivity index (χ1n) is 37.2. The number of Topliss-reactive ketones (excluding diaryl/α,β-unsaturated/α-hetero) is 1. The molecule has 123 heavy (non-hydrogen) atoms. The number of carbonyl (C=O) groups excluding carboxylic acids is 2. The summed E-state index contributed by atoms with van der Waals surface area (Å²) in [5, 5.41) is 73.4. The molecule has 27 heteroatoms. The van der Waals surface area contributed by atoms with Crippen LogP contribution in [0, 0.1) is 15.2 Å². The van der Waals surface area contributed by atoms with E-state index in [1.165, 1.54) is 37.3 Å². The third-order valence-corrected chi connectivity index (χ3v) is 20.6. The monoisotopic (exact) mass is 2000 g/mol. The summed E-state index contributed by atoms with van der Waals surface area (Å²) in [5.41, 5.74) is 16.8. The summed E-state index contributed by atoms with van der Waals surface area (Å²) in [6.45, 7) is 2.22. The summed E-state index contributed by atoms with van der Waals surface area (Å²) >= 11 is 21.5. The van der Waals surface area contributed by atoms with Gasteiger partial charge in [0.15, 0.2) is 5.58 Å². The van der Waals surface area contributed by atoms with Gasteiger partial charge in [-0.2, -0.15) is 0 Å².